The molecule has 25 heavy (non-hydrogen) atoms. The fourth-order valence-corrected chi connectivity index (χ4v) is 4.76. The molecule has 0 saturated carbocycles. The van der Waals surface area contributed by atoms with Gasteiger partial charge < -0.3 is 10.3 Å². The molecule has 7 nitrogen and oxygen atoms in total. The molecule has 9 heteroatoms. The third-order valence-corrected chi connectivity index (χ3v) is 6.43. The van der Waals surface area contributed by atoms with Crippen LogP contribution in [0.2, 0.25) is 0 Å². The lowest BCUT2D eigenvalue weighted by molar-refractivity contribution is -0.116. The van der Waals surface area contributed by atoms with Crippen molar-refractivity contribution < 1.29 is 9.00 Å². The number of aromatic amines is 2. The van der Waals surface area contributed by atoms with Crippen LogP contribution in [0.5, 0.6) is 0 Å². The van der Waals surface area contributed by atoms with E-state index in [0.29, 0.717) is 16.5 Å². The van der Waals surface area contributed by atoms with Crippen molar-refractivity contribution in [2.24, 2.45) is 0 Å². The average Bonchev–Trinajstić information content (AvgIpc) is 2.50. The highest BCUT2D eigenvalue weighted by Gasteiger charge is 2.10. The maximum atomic E-state index is 11.9. The molecule has 1 aromatic rings. The molecule has 1 unspecified atom stereocenters. The van der Waals surface area contributed by atoms with Gasteiger partial charge in [-0.1, -0.05) is 13.3 Å². The molecular weight excluding hydrogens is 362 g/mol. The highest BCUT2D eigenvalue weighted by Crippen LogP contribution is 2.07. The average molecular weight is 388 g/mol. The molecular formula is C16H25N3O4S2. The second kappa shape index (κ2) is 11.1. The quantitative estimate of drug-likeness (QED) is 0.412. The normalized spacial score (nSPS) is 13.7. The van der Waals surface area contributed by atoms with Gasteiger partial charge in [0.05, 0.1) is 10.6 Å². The summed E-state index contributed by atoms with van der Waals surface area (Å²) >= 11 is 1.66. The van der Waals surface area contributed by atoms with Gasteiger partial charge in [-0.2, -0.15) is 0 Å². The van der Waals surface area contributed by atoms with Crippen LogP contribution in [-0.4, -0.2) is 42.7 Å². The van der Waals surface area contributed by atoms with E-state index in [0.717, 1.165) is 18.6 Å². The van der Waals surface area contributed by atoms with Gasteiger partial charge in [-0.3, -0.25) is 18.8 Å². The predicted molar refractivity (Wildman–Crippen MR) is 104 cm³/mol. The number of carbonyl (C=O) groups excluding carboxylic acids is 1. The molecule has 140 valence electrons. The van der Waals surface area contributed by atoms with Crippen LogP contribution in [0.4, 0.5) is 0 Å². The summed E-state index contributed by atoms with van der Waals surface area (Å²) in [5, 5.41) is 3.29. The van der Waals surface area contributed by atoms with Crippen LogP contribution in [0, 0.1) is 6.92 Å². The maximum absolute atomic E-state index is 11.9. The van der Waals surface area contributed by atoms with Gasteiger partial charge in [0.1, 0.15) is 0 Å². The van der Waals surface area contributed by atoms with Gasteiger partial charge >= 0.3 is 5.69 Å². The van der Waals surface area contributed by atoms with Crippen molar-refractivity contribution >= 4 is 34.5 Å². The smallest absolute Gasteiger partial charge is 0.325 e. The second-order valence-electron chi connectivity index (χ2n) is 5.68. The summed E-state index contributed by atoms with van der Waals surface area (Å²) in [4.78, 5) is 39.3. The Morgan fingerprint density at radius 2 is 2.08 bits per heavy atom. The Bertz CT molecular complexity index is 740. The first-order chi connectivity index (χ1) is 11.8. The molecule has 1 heterocycles. The van der Waals surface area contributed by atoms with E-state index in [4.69, 9.17) is 0 Å². The summed E-state index contributed by atoms with van der Waals surface area (Å²) in [6.45, 7) is 5.49. The van der Waals surface area contributed by atoms with E-state index in [2.05, 4.69) is 22.2 Å². The minimum atomic E-state index is -0.990. The van der Waals surface area contributed by atoms with Crippen molar-refractivity contribution in [3.63, 3.8) is 0 Å². The van der Waals surface area contributed by atoms with Crippen LogP contribution in [0.3, 0.4) is 0 Å². The molecule has 1 rings (SSSR count). The van der Waals surface area contributed by atoms with E-state index in [-0.39, 0.29) is 17.5 Å². The lowest BCUT2D eigenvalue weighted by atomic mass is 10.2. The first-order valence-corrected chi connectivity index (χ1v) is 10.7. The molecule has 0 fully saturated rings. The van der Waals surface area contributed by atoms with E-state index in [1.165, 1.54) is 12.2 Å². The van der Waals surface area contributed by atoms with Crippen molar-refractivity contribution in [1.29, 1.82) is 0 Å². The Morgan fingerprint density at radius 3 is 2.72 bits per heavy atom. The molecule has 0 aliphatic carbocycles. The first kappa shape index (κ1) is 21.4. The SMILES string of the molecule is CCCCSCS(=O)C[C@H](C)NC(=O)/C=C/c1c(C)[nH]c(=O)[nH]c1=O. The fourth-order valence-electron chi connectivity index (χ4n) is 2.03. The Hall–Kier alpha value is -1.61. The number of carbonyl (C=O) groups is 1. The molecule has 0 aliphatic rings. The van der Waals surface area contributed by atoms with Crippen LogP contribution in [0.15, 0.2) is 15.7 Å². The molecule has 0 radical (unpaired) electrons. The monoisotopic (exact) mass is 387 g/mol. The molecule has 3 N–H and O–H groups in total. The minimum absolute atomic E-state index is 0.221. The maximum Gasteiger partial charge on any atom is 0.325 e. The lowest BCUT2D eigenvalue weighted by Crippen LogP contribution is -2.35. The van der Waals surface area contributed by atoms with Crippen molar-refractivity contribution in [2.75, 3.05) is 16.6 Å². The van der Waals surface area contributed by atoms with Gasteiger partial charge in [0.15, 0.2) is 0 Å². The van der Waals surface area contributed by atoms with Gasteiger partial charge in [0, 0.05) is 34.4 Å². The van der Waals surface area contributed by atoms with Crippen LogP contribution in [0.25, 0.3) is 6.08 Å². The molecule has 2 atom stereocenters. The molecule has 0 spiro atoms. The second-order valence-corrected chi connectivity index (χ2v) is 8.65. The van der Waals surface area contributed by atoms with Gasteiger partial charge in [-0.05, 0) is 32.1 Å². The van der Waals surface area contributed by atoms with Crippen LogP contribution in [0.1, 0.15) is 37.9 Å². The summed E-state index contributed by atoms with van der Waals surface area (Å²) in [7, 11) is -0.990. The number of unbranched alkanes of at least 4 members (excludes halogenated alkanes) is 1. The zero-order valence-corrected chi connectivity index (χ0v) is 16.4. The van der Waals surface area contributed by atoms with Crippen molar-refractivity contribution in [3.05, 3.63) is 38.2 Å². The summed E-state index contributed by atoms with van der Waals surface area (Å²) in [5.74, 6) is 1.00. The van der Waals surface area contributed by atoms with E-state index in [1.807, 2.05) is 0 Å². The van der Waals surface area contributed by atoms with Crippen LogP contribution >= 0.6 is 11.8 Å². The zero-order chi connectivity index (χ0) is 18.8. The molecule has 0 saturated heterocycles. The molecule has 0 aliphatic heterocycles. The summed E-state index contributed by atoms with van der Waals surface area (Å²) in [5.41, 5.74) is -0.532. The topological polar surface area (TPSA) is 112 Å². The van der Waals surface area contributed by atoms with Gasteiger partial charge in [-0.15, -0.1) is 11.8 Å². The van der Waals surface area contributed by atoms with Crippen LogP contribution < -0.4 is 16.6 Å². The van der Waals surface area contributed by atoms with Crippen molar-refractivity contribution in [1.82, 2.24) is 15.3 Å². The summed E-state index contributed by atoms with van der Waals surface area (Å²) in [6.07, 6.45) is 4.81. The van der Waals surface area contributed by atoms with Gasteiger partial charge in [0.2, 0.25) is 5.91 Å². The Morgan fingerprint density at radius 1 is 1.36 bits per heavy atom. The lowest BCUT2D eigenvalue weighted by Gasteiger charge is -2.12. The van der Waals surface area contributed by atoms with Crippen molar-refractivity contribution in [2.45, 2.75) is 39.7 Å². The third-order valence-electron chi connectivity index (χ3n) is 3.26. The number of amides is 1. The Kier molecular flexibility index (Phi) is 9.51. The zero-order valence-electron chi connectivity index (χ0n) is 14.7. The van der Waals surface area contributed by atoms with E-state index in [9.17, 15) is 18.6 Å². The largest absolute Gasteiger partial charge is 0.349 e. The Labute approximate surface area is 153 Å². The van der Waals surface area contributed by atoms with Crippen molar-refractivity contribution in [3.8, 4) is 0 Å². The number of aromatic nitrogens is 2. The first-order valence-electron chi connectivity index (χ1n) is 8.08. The summed E-state index contributed by atoms with van der Waals surface area (Å²) in [6, 6.07) is -0.236. The molecule has 1 amide bonds. The fraction of sp³-hybridized carbons (Fsp3) is 0.562. The number of rotatable bonds is 10. The number of aryl methyl sites for hydroxylation is 1. The minimum Gasteiger partial charge on any atom is -0.349 e. The number of thioether (sulfide) groups is 1. The molecule has 0 bridgehead atoms. The molecule has 1 aromatic heterocycles. The number of nitrogens with one attached hydrogen (secondary N) is 3. The van der Waals surface area contributed by atoms with Crippen LogP contribution in [-0.2, 0) is 15.6 Å². The standard InChI is InChI=1S/C16H25N3O4S2/c1-4-5-8-24-10-25(23)9-11(2)17-14(20)7-6-13-12(3)18-16(22)19-15(13)21/h6-7,11H,4-5,8-10H2,1-3H3,(H,17,20)(H2,18,19,21,22)/b7-6+/t11-,25?/m0/s1. The molecule has 0 aromatic carbocycles. The summed E-state index contributed by atoms with van der Waals surface area (Å²) < 4.78 is 11.9. The third kappa shape index (κ3) is 8.35. The van der Waals surface area contributed by atoms with Gasteiger partial charge in [0.25, 0.3) is 5.56 Å². The van der Waals surface area contributed by atoms with E-state index < -0.39 is 22.0 Å². The number of H-pyrrole nitrogens is 2. The predicted octanol–water partition coefficient (Wildman–Crippen LogP) is 1.13. The van der Waals surface area contributed by atoms with Gasteiger partial charge in [-0.25, -0.2) is 4.79 Å². The highest BCUT2D eigenvalue weighted by molar-refractivity contribution is 8.10. The highest BCUT2D eigenvalue weighted by atomic mass is 32.2. The van der Waals surface area contributed by atoms with E-state index >= 15 is 0 Å². The van der Waals surface area contributed by atoms with E-state index in [1.54, 1.807) is 25.6 Å². The number of hydrogen-bond donors (Lipinski definition) is 3. The number of hydrogen-bond acceptors (Lipinski definition) is 5. The Balaban J connectivity index is 2.49.